The van der Waals surface area contributed by atoms with Crippen molar-refractivity contribution in [1.82, 2.24) is 9.55 Å². The normalized spacial score (nSPS) is 16.0. The fourth-order valence-electron chi connectivity index (χ4n) is 3.89. The van der Waals surface area contributed by atoms with Crippen LogP contribution in [0.4, 0.5) is 18.3 Å². The first-order valence-corrected chi connectivity index (χ1v) is 10.9. The SMILES string of the molecule is O=C1CCC(C(=O)Nc2nc3ccc(-c4ccc(OC(F)(F)F)cc4)cc3s2)n2cccc21. The lowest BCUT2D eigenvalue weighted by atomic mass is 10.0. The Morgan fingerprint density at radius 1 is 1.12 bits per heavy atom. The number of nitrogens with zero attached hydrogens (tertiary/aromatic N) is 2. The average Bonchev–Trinajstić information content (AvgIpc) is 3.40. The van der Waals surface area contributed by atoms with Crippen molar-refractivity contribution in [1.29, 1.82) is 0 Å². The second-order valence-corrected chi connectivity index (χ2v) is 8.57. The van der Waals surface area contributed by atoms with Gasteiger partial charge in [-0.2, -0.15) is 0 Å². The molecule has 0 fully saturated rings. The first-order valence-electron chi connectivity index (χ1n) is 10.0. The number of ketones is 1. The number of halogens is 3. The first-order chi connectivity index (χ1) is 15.8. The molecular weight excluding hydrogens is 455 g/mol. The van der Waals surface area contributed by atoms with Gasteiger partial charge in [-0.25, -0.2) is 4.98 Å². The second-order valence-electron chi connectivity index (χ2n) is 7.54. The Bertz CT molecular complexity index is 1360. The molecule has 2 aromatic carbocycles. The minimum absolute atomic E-state index is 0.0227. The average molecular weight is 471 g/mol. The van der Waals surface area contributed by atoms with Crippen molar-refractivity contribution >= 4 is 38.4 Å². The highest BCUT2D eigenvalue weighted by Gasteiger charge is 2.31. The number of rotatable bonds is 4. The van der Waals surface area contributed by atoms with Gasteiger partial charge in [0, 0.05) is 12.6 Å². The van der Waals surface area contributed by atoms with Crippen molar-refractivity contribution in [3.05, 3.63) is 66.5 Å². The number of ether oxygens (including phenoxy) is 1. The maximum atomic E-state index is 12.9. The van der Waals surface area contributed by atoms with Crippen LogP contribution in [0.3, 0.4) is 0 Å². The van der Waals surface area contributed by atoms with Gasteiger partial charge in [-0.3, -0.25) is 9.59 Å². The van der Waals surface area contributed by atoms with E-state index in [-0.39, 0.29) is 17.4 Å². The molecule has 0 radical (unpaired) electrons. The minimum atomic E-state index is -4.74. The molecule has 0 bridgehead atoms. The predicted molar refractivity (Wildman–Crippen MR) is 117 cm³/mol. The van der Waals surface area contributed by atoms with Crippen molar-refractivity contribution < 1.29 is 27.5 Å². The molecule has 0 saturated heterocycles. The van der Waals surface area contributed by atoms with Gasteiger partial charge in [0.2, 0.25) is 5.91 Å². The molecular formula is C23H16F3N3O3S. The summed E-state index contributed by atoms with van der Waals surface area (Å²) in [5.41, 5.74) is 2.74. The van der Waals surface area contributed by atoms with Crippen LogP contribution in [0.25, 0.3) is 21.3 Å². The number of carbonyl (C=O) groups excluding carboxylic acids is 2. The number of carbonyl (C=O) groups is 2. The first kappa shape index (κ1) is 21.2. The number of amides is 1. The van der Waals surface area contributed by atoms with E-state index in [0.717, 1.165) is 15.8 Å². The van der Waals surface area contributed by atoms with Crippen LogP contribution in [0.1, 0.15) is 29.4 Å². The highest BCUT2D eigenvalue weighted by atomic mass is 32.1. The van der Waals surface area contributed by atoms with Crippen LogP contribution in [0, 0.1) is 0 Å². The largest absolute Gasteiger partial charge is 0.573 e. The van der Waals surface area contributed by atoms with Crippen molar-refractivity contribution in [2.75, 3.05) is 5.32 Å². The van der Waals surface area contributed by atoms with E-state index in [1.165, 1.54) is 23.5 Å². The lowest BCUT2D eigenvalue weighted by Gasteiger charge is -2.24. The zero-order valence-electron chi connectivity index (χ0n) is 16.9. The van der Waals surface area contributed by atoms with Crippen molar-refractivity contribution in [2.24, 2.45) is 0 Å². The van der Waals surface area contributed by atoms with E-state index in [1.54, 1.807) is 41.1 Å². The molecule has 0 aliphatic carbocycles. The Morgan fingerprint density at radius 2 is 1.88 bits per heavy atom. The van der Waals surface area contributed by atoms with Gasteiger partial charge in [-0.1, -0.05) is 29.5 Å². The molecule has 1 N–H and O–H groups in total. The Kier molecular flexibility index (Phi) is 5.16. The van der Waals surface area contributed by atoms with Gasteiger partial charge in [-0.15, -0.1) is 13.2 Å². The number of benzene rings is 2. The quantitative estimate of drug-likeness (QED) is 0.407. The van der Waals surface area contributed by atoms with Gasteiger partial charge in [0.05, 0.1) is 15.9 Å². The van der Waals surface area contributed by atoms with Crippen LogP contribution in [0.15, 0.2) is 60.8 Å². The van der Waals surface area contributed by atoms with E-state index in [4.69, 9.17) is 0 Å². The van der Waals surface area contributed by atoms with E-state index in [9.17, 15) is 22.8 Å². The summed E-state index contributed by atoms with van der Waals surface area (Å²) in [6.07, 6.45) is -2.26. The number of nitrogens with one attached hydrogen (secondary N) is 1. The Labute approximate surface area is 189 Å². The van der Waals surface area contributed by atoms with Crippen LogP contribution in [0.5, 0.6) is 5.75 Å². The fraction of sp³-hybridized carbons (Fsp3) is 0.174. The Morgan fingerprint density at radius 3 is 2.64 bits per heavy atom. The molecule has 0 saturated carbocycles. The fourth-order valence-corrected chi connectivity index (χ4v) is 4.80. The van der Waals surface area contributed by atoms with Crippen LogP contribution >= 0.6 is 11.3 Å². The third-order valence-electron chi connectivity index (χ3n) is 5.39. The minimum Gasteiger partial charge on any atom is -0.406 e. The molecule has 0 spiro atoms. The molecule has 1 unspecified atom stereocenters. The summed E-state index contributed by atoms with van der Waals surface area (Å²) < 4.78 is 43.5. The number of anilines is 1. The van der Waals surface area contributed by atoms with Gasteiger partial charge in [0.25, 0.3) is 0 Å². The van der Waals surface area contributed by atoms with Crippen molar-refractivity contribution in [2.45, 2.75) is 25.2 Å². The van der Waals surface area contributed by atoms with E-state index >= 15 is 0 Å². The van der Waals surface area contributed by atoms with Crippen LogP contribution in [0.2, 0.25) is 0 Å². The van der Waals surface area contributed by atoms with E-state index < -0.39 is 12.4 Å². The maximum absolute atomic E-state index is 12.9. The number of alkyl halides is 3. The molecule has 4 aromatic rings. The van der Waals surface area contributed by atoms with E-state index in [2.05, 4.69) is 15.0 Å². The lowest BCUT2D eigenvalue weighted by Crippen LogP contribution is -2.31. The number of hydrogen-bond donors (Lipinski definition) is 1. The molecule has 6 nitrogen and oxygen atoms in total. The highest BCUT2D eigenvalue weighted by Crippen LogP contribution is 2.33. The molecule has 3 heterocycles. The standard InChI is InChI=1S/C23H16F3N3O3S/c24-23(25,26)32-15-6-3-13(4-7-15)14-5-8-16-20(12-14)33-22(27-16)28-21(31)18-9-10-19(30)17-2-1-11-29(17)18/h1-8,11-12,18H,9-10H2,(H,27,28,31). The number of hydrogen-bond acceptors (Lipinski definition) is 5. The number of aromatic nitrogens is 2. The summed E-state index contributed by atoms with van der Waals surface area (Å²) in [4.78, 5) is 29.3. The van der Waals surface area contributed by atoms with E-state index in [1.807, 2.05) is 12.1 Å². The molecule has 2 aromatic heterocycles. The third kappa shape index (κ3) is 4.34. The van der Waals surface area contributed by atoms with Gasteiger partial charge >= 0.3 is 6.36 Å². The highest BCUT2D eigenvalue weighted by molar-refractivity contribution is 7.22. The summed E-state index contributed by atoms with van der Waals surface area (Å²) in [6.45, 7) is 0. The van der Waals surface area contributed by atoms with Crippen molar-refractivity contribution in [3.8, 4) is 16.9 Å². The monoisotopic (exact) mass is 471 g/mol. The number of Topliss-reactive ketones (excluding diaryl/α,β-unsaturated/α-hetero) is 1. The molecule has 168 valence electrons. The van der Waals surface area contributed by atoms with Crippen molar-refractivity contribution in [3.63, 3.8) is 0 Å². The molecule has 33 heavy (non-hydrogen) atoms. The van der Waals surface area contributed by atoms with Crippen LogP contribution < -0.4 is 10.1 Å². The molecule has 1 aliphatic rings. The predicted octanol–water partition coefficient (Wildman–Crippen LogP) is 5.82. The van der Waals surface area contributed by atoms with Crippen LogP contribution in [-0.2, 0) is 4.79 Å². The van der Waals surface area contributed by atoms with Gasteiger partial charge in [0.15, 0.2) is 10.9 Å². The maximum Gasteiger partial charge on any atom is 0.573 e. The topological polar surface area (TPSA) is 73.2 Å². The number of fused-ring (bicyclic) bond motifs is 2. The summed E-state index contributed by atoms with van der Waals surface area (Å²) in [6, 6.07) is 14.1. The summed E-state index contributed by atoms with van der Waals surface area (Å²) >= 11 is 1.30. The molecule has 5 rings (SSSR count). The van der Waals surface area contributed by atoms with Gasteiger partial charge in [0.1, 0.15) is 11.8 Å². The summed E-state index contributed by atoms with van der Waals surface area (Å²) in [5, 5.41) is 3.29. The summed E-state index contributed by atoms with van der Waals surface area (Å²) in [7, 11) is 0. The lowest BCUT2D eigenvalue weighted by molar-refractivity contribution is -0.274. The van der Waals surface area contributed by atoms with Gasteiger partial charge < -0.3 is 14.6 Å². The van der Waals surface area contributed by atoms with E-state index in [0.29, 0.717) is 29.2 Å². The Hall–Kier alpha value is -3.66. The molecule has 10 heteroatoms. The zero-order valence-corrected chi connectivity index (χ0v) is 17.7. The third-order valence-corrected chi connectivity index (χ3v) is 6.32. The Balaban J connectivity index is 1.34. The summed E-state index contributed by atoms with van der Waals surface area (Å²) in [5.74, 6) is -0.501. The molecule has 1 amide bonds. The smallest absolute Gasteiger partial charge is 0.406 e. The van der Waals surface area contributed by atoms with Crippen LogP contribution in [-0.4, -0.2) is 27.6 Å². The number of thiazole rings is 1. The molecule has 1 atom stereocenters. The zero-order chi connectivity index (χ0) is 23.2. The van der Waals surface area contributed by atoms with Gasteiger partial charge in [-0.05, 0) is 53.9 Å². The molecule has 1 aliphatic heterocycles. The second kappa shape index (κ2) is 8.04.